The first-order chi connectivity index (χ1) is 18.6. The maximum Gasteiger partial charge on any atom is 0.253 e. The van der Waals surface area contributed by atoms with Crippen molar-refractivity contribution in [3.05, 3.63) is 47.7 Å². The van der Waals surface area contributed by atoms with E-state index in [-0.39, 0.29) is 17.4 Å². The second-order valence-corrected chi connectivity index (χ2v) is 13.4. The number of hydrogen-bond acceptors (Lipinski definition) is 9. The van der Waals surface area contributed by atoms with Gasteiger partial charge >= 0.3 is 0 Å². The number of likely N-dealkylation sites (N-methyl/N-ethyl adjacent to an activating group) is 1. The van der Waals surface area contributed by atoms with Gasteiger partial charge in [-0.25, -0.2) is 4.98 Å². The SMILES string of the molecule is CN(C=N)CCC[N+](C)(C)C/C=C/C1=C(C(=O)[O-])N2C(=O)[C@@H](NC(=O)CSc3nc4ccccc4s3)[C@H]2SC1. The van der Waals surface area contributed by atoms with Gasteiger partial charge in [-0.3, -0.25) is 19.9 Å². The Labute approximate surface area is 240 Å². The number of carbonyl (C=O) groups excluding carboxylic acids is 3. The van der Waals surface area contributed by atoms with Crippen LogP contribution in [0.5, 0.6) is 0 Å². The zero-order valence-corrected chi connectivity index (χ0v) is 24.5. The van der Waals surface area contributed by atoms with Crippen molar-refractivity contribution in [1.82, 2.24) is 20.1 Å². The Balaban J connectivity index is 1.32. The Kier molecular flexibility index (Phi) is 9.36. The standard InChI is InChI=1S/C26H32N6O4S3/c1-30(16-27)11-7-13-32(2,3)12-6-8-17-14-37-24-21(23(34)31(24)22(17)25(35)36)29-20(33)15-38-26-28-18-9-4-5-10-19(18)39-26/h4-6,8-10,16,21,24,27H,7,11-15H2,1-3H3,(H-,29,33,35,36)/b8-6+,27-16?/t21-,24-/m1/s1. The van der Waals surface area contributed by atoms with E-state index < -0.39 is 23.3 Å². The number of allylic oxidation sites excluding steroid dienone is 1. The molecule has 1 fully saturated rings. The quantitative estimate of drug-likeness (QED) is 0.118. The maximum absolute atomic E-state index is 12.9. The van der Waals surface area contributed by atoms with Crippen molar-refractivity contribution in [2.45, 2.75) is 22.2 Å². The van der Waals surface area contributed by atoms with Crippen LogP contribution in [0.15, 0.2) is 52.0 Å². The number of quaternary nitrogens is 1. The molecule has 2 amide bonds. The number of rotatable bonds is 13. The molecule has 0 unspecified atom stereocenters. The van der Waals surface area contributed by atoms with Crippen LogP contribution in [0.25, 0.3) is 10.2 Å². The molecule has 4 rings (SSSR count). The van der Waals surface area contributed by atoms with E-state index in [4.69, 9.17) is 5.41 Å². The lowest BCUT2D eigenvalue weighted by Crippen LogP contribution is -2.71. The first-order valence-corrected chi connectivity index (χ1v) is 15.3. The van der Waals surface area contributed by atoms with Crippen LogP contribution in [0.2, 0.25) is 0 Å². The number of hydrogen-bond donors (Lipinski definition) is 2. The minimum absolute atomic E-state index is 0.115. The molecule has 1 aromatic carbocycles. The number of carbonyl (C=O) groups is 3. The summed E-state index contributed by atoms with van der Waals surface area (Å²) < 4.78 is 2.53. The van der Waals surface area contributed by atoms with E-state index in [0.717, 1.165) is 34.1 Å². The van der Waals surface area contributed by atoms with Gasteiger partial charge < -0.3 is 24.6 Å². The lowest BCUT2D eigenvalue weighted by molar-refractivity contribution is -0.884. The summed E-state index contributed by atoms with van der Waals surface area (Å²) in [7, 11) is 6.05. The highest BCUT2D eigenvalue weighted by atomic mass is 32.2. The van der Waals surface area contributed by atoms with Crippen LogP contribution in [-0.4, -0.2) is 107 Å². The van der Waals surface area contributed by atoms with Crippen LogP contribution < -0.4 is 10.4 Å². The Hall–Kier alpha value is -2.87. The van der Waals surface area contributed by atoms with Crippen molar-refractivity contribution in [3.63, 3.8) is 0 Å². The van der Waals surface area contributed by atoms with Gasteiger partial charge in [0, 0.05) is 25.8 Å². The molecular weight excluding hydrogens is 557 g/mol. The fourth-order valence-electron chi connectivity index (χ4n) is 4.40. The van der Waals surface area contributed by atoms with Crippen LogP contribution in [0.1, 0.15) is 6.42 Å². The van der Waals surface area contributed by atoms with Crippen molar-refractivity contribution < 1.29 is 24.0 Å². The van der Waals surface area contributed by atoms with Gasteiger partial charge in [0.15, 0.2) is 4.34 Å². The molecule has 10 nitrogen and oxygen atoms in total. The van der Waals surface area contributed by atoms with E-state index in [1.165, 1.54) is 46.1 Å². The molecule has 208 valence electrons. The zero-order chi connectivity index (χ0) is 28.2. The number of carboxylic acids is 1. The Morgan fingerprint density at radius 2 is 2.13 bits per heavy atom. The molecule has 1 aromatic heterocycles. The zero-order valence-electron chi connectivity index (χ0n) is 22.1. The van der Waals surface area contributed by atoms with Gasteiger partial charge in [0.25, 0.3) is 5.91 Å². The Bertz CT molecular complexity index is 1290. The molecule has 1 saturated heterocycles. The van der Waals surface area contributed by atoms with Crippen LogP contribution >= 0.6 is 34.9 Å². The van der Waals surface area contributed by atoms with Crippen molar-refractivity contribution in [1.29, 1.82) is 5.41 Å². The van der Waals surface area contributed by atoms with Crippen molar-refractivity contribution in [2.24, 2.45) is 0 Å². The number of nitrogens with zero attached hydrogens (tertiary/aromatic N) is 4. The number of nitrogens with one attached hydrogen (secondary N) is 2. The van der Waals surface area contributed by atoms with E-state index >= 15 is 0 Å². The van der Waals surface area contributed by atoms with Gasteiger partial charge in [0.1, 0.15) is 11.4 Å². The summed E-state index contributed by atoms with van der Waals surface area (Å²) in [4.78, 5) is 45.1. The molecule has 2 N–H and O–H groups in total. The van der Waals surface area contributed by atoms with Crippen LogP contribution in [-0.2, 0) is 14.4 Å². The third-order valence-electron chi connectivity index (χ3n) is 6.52. The Morgan fingerprint density at radius 1 is 1.36 bits per heavy atom. The lowest BCUT2D eigenvalue weighted by Gasteiger charge is -2.50. The van der Waals surface area contributed by atoms with Crippen LogP contribution in [0.3, 0.4) is 0 Å². The number of thioether (sulfide) groups is 2. The molecule has 2 atom stereocenters. The highest BCUT2D eigenvalue weighted by Gasteiger charge is 2.52. The van der Waals surface area contributed by atoms with Gasteiger partial charge in [0.2, 0.25) is 5.91 Å². The number of carboxylic acid groups (broad SMARTS) is 1. The summed E-state index contributed by atoms with van der Waals surface area (Å²) in [6.45, 7) is 2.38. The fourth-order valence-corrected chi connectivity index (χ4v) is 7.60. The highest BCUT2D eigenvalue weighted by Crippen LogP contribution is 2.40. The summed E-state index contributed by atoms with van der Waals surface area (Å²) in [6.07, 6.45) is 5.93. The monoisotopic (exact) mass is 588 g/mol. The molecular formula is C26H32N6O4S3. The molecule has 2 aromatic rings. The predicted octanol–water partition coefficient (Wildman–Crippen LogP) is 1.35. The second kappa shape index (κ2) is 12.5. The lowest BCUT2D eigenvalue weighted by atomic mass is 10.0. The Morgan fingerprint density at radius 3 is 2.85 bits per heavy atom. The van der Waals surface area contributed by atoms with Crippen LogP contribution in [0, 0.1) is 5.41 Å². The van der Waals surface area contributed by atoms with Crippen LogP contribution in [0.4, 0.5) is 0 Å². The highest BCUT2D eigenvalue weighted by molar-refractivity contribution is 8.01. The fraction of sp³-hybridized carbons (Fsp3) is 0.423. The number of fused-ring (bicyclic) bond motifs is 2. The van der Waals surface area contributed by atoms with Crippen molar-refractivity contribution >= 4 is 69.2 Å². The third-order valence-corrected chi connectivity index (χ3v) is 10.0. The first kappa shape index (κ1) is 29.1. The molecule has 0 bridgehead atoms. The molecule has 2 aliphatic rings. The number of benzene rings is 1. The maximum atomic E-state index is 12.9. The molecule has 0 radical (unpaired) electrons. The van der Waals surface area contributed by atoms with Crippen molar-refractivity contribution in [2.75, 3.05) is 52.3 Å². The van der Waals surface area contributed by atoms with Gasteiger partial charge in [-0.15, -0.1) is 23.1 Å². The smallest absolute Gasteiger partial charge is 0.253 e. The van der Waals surface area contributed by atoms with Crippen molar-refractivity contribution in [3.8, 4) is 0 Å². The van der Waals surface area contributed by atoms with Gasteiger partial charge in [-0.1, -0.05) is 30.0 Å². The van der Waals surface area contributed by atoms with Gasteiger partial charge in [0.05, 0.1) is 61.2 Å². The molecule has 2 aliphatic heterocycles. The van der Waals surface area contributed by atoms with E-state index in [2.05, 4.69) is 24.4 Å². The number of amides is 2. The number of thiazole rings is 1. The summed E-state index contributed by atoms with van der Waals surface area (Å²) in [5.41, 5.74) is 1.30. The number of aromatic nitrogens is 1. The summed E-state index contributed by atoms with van der Waals surface area (Å²) >= 11 is 4.26. The average Bonchev–Trinajstić information content (AvgIpc) is 3.32. The largest absolute Gasteiger partial charge is 0.543 e. The first-order valence-electron chi connectivity index (χ1n) is 12.5. The second-order valence-electron chi connectivity index (χ2n) is 10.1. The van der Waals surface area contributed by atoms with Gasteiger partial charge in [-0.05, 0) is 23.8 Å². The average molecular weight is 589 g/mol. The van der Waals surface area contributed by atoms with E-state index in [0.29, 0.717) is 22.4 Å². The third kappa shape index (κ3) is 7.02. The molecule has 39 heavy (non-hydrogen) atoms. The molecule has 0 spiro atoms. The molecule has 13 heteroatoms. The van der Waals surface area contributed by atoms with E-state index in [1.807, 2.05) is 42.3 Å². The molecule has 3 heterocycles. The summed E-state index contributed by atoms with van der Waals surface area (Å²) in [6, 6.07) is 6.98. The summed E-state index contributed by atoms with van der Waals surface area (Å²) in [5, 5.41) is 21.6. The van der Waals surface area contributed by atoms with E-state index in [9.17, 15) is 19.5 Å². The predicted molar refractivity (Wildman–Crippen MR) is 154 cm³/mol. The molecule has 0 aliphatic carbocycles. The van der Waals surface area contributed by atoms with Gasteiger partial charge in [-0.2, -0.15) is 0 Å². The number of aliphatic carboxylic acids is 1. The number of para-hydroxylation sites is 1. The normalized spacial score (nSPS) is 19.3. The minimum atomic E-state index is -1.40. The minimum Gasteiger partial charge on any atom is -0.543 e. The summed E-state index contributed by atoms with van der Waals surface area (Å²) in [5.74, 6) is -1.62. The topological polar surface area (TPSA) is 130 Å². The number of β-lactam (4-membered cyclic amide) rings is 1. The molecule has 0 saturated carbocycles. The van der Waals surface area contributed by atoms with E-state index in [1.54, 1.807) is 6.08 Å².